The summed E-state index contributed by atoms with van der Waals surface area (Å²) in [5.74, 6) is 1.43. The predicted molar refractivity (Wildman–Crippen MR) is 71.2 cm³/mol. The molecule has 0 aromatic heterocycles. The summed E-state index contributed by atoms with van der Waals surface area (Å²) in [6.45, 7) is 9.33. The third-order valence-electron chi connectivity index (χ3n) is 3.48. The Balaban J connectivity index is 0.00000162. The van der Waals surface area contributed by atoms with E-state index in [9.17, 15) is 0 Å². The van der Waals surface area contributed by atoms with Crippen LogP contribution in [0.15, 0.2) is 42.1 Å². The van der Waals surface area contributed by atoms with Gasteiger partial charge in [0.2, 0.25) is 0 Å². The van der Waals surface area contributed by atoms with Crippen LogP contribution in [-0.4, -0.2) is 0 Å². The molecule has 0 bridgehead atoms. The van der Waals surface area contributed by atoms with Gasteiger partial charge in [-0.3, -0.25) is 0 Å². The van der Waals surface area contributed by atoms with Gasteiger partial charge in [0.1, 0.15) is 0 Å². The van der Waals surface area contributed by atoms with Gasteiger partial charge in [0, 0.05) is 0 Å². The zero-order chi connectivity index (χ0) is 12.4. The van der Waals surface area contributed by atoms with Crippen molar-refractivity contribution in [2.24, 2.45) is 11.8 Å². The Bertz CT molecular complexity index is 386. The SMILES string of the molecule is CC(C)C1=[C]([Hf+2][C]2=C(C(C)C)C=CC2)CC=C1.[Br-].[Br-]. The zero-order valence-corrected chi connectivity index (χ0v) is 18.9. The maximum atomic E-state index is 2.38. The summed E-state index contributed by atoms with van der Waals surface area (Å²) in [6.07, 6.45) is 12.0. The van der Waals surface area contributed by atoms with Crippen molar-refractivity contribution < 1.29 is 56.9 Å². The van der Waals surface area contributed by atoms with E-state index in [1.165, 1.54) is 12.8 Å². The summed E-state index contributed by atoms with van der Waals surface area (Å²) in [7, 11) is 0. The van der Waals surface area contributed by atoms with E-state index in [2.05, 4.69) is 52.0 Å². The van der Waals surface area contributed by atoms with Crippen LogP contribution in [0.25, 0.3) is 0 Å². The van der Waals surface area contributed by atoms with Crippen LogP contribution in [0.2, 0.25) is 0 Å². The molecule has 0 spiro atoms. The maximum Gasteiger partial charge on any atom is -1.00 e. The number of hydrogen-bond donors (Lipinski definition) is 0. The maximum absolute atomic E-state index is 2.38. The Kier molecular flexibility index (Phi) is 9.31. The molecule has 0 N–H and O–H groups in total. The van der Waals surface area contributed by atoms with E-state index in [0.29, 0.717) is 11.8 Å². The first-order valence-corrected chi connectivity index (χ1v) is 10.2. The van der Waals surface area contributed by atoms with Gasteiger partial charge >= 0.3 is 117 Å². The van der Waals surface area contributed by atoms with Gasteiger partial charge in [0.05, 0.1) is 0 Å². The minimum Gasteiger partial charge on any atom is -1.00 e. The molecule has 0 aromatic rings. The second-order valence-corrected chi connectivity index (χ2v) is 10.8. The molecule has 0 aromatic carbocycles. The molecule has 0 nitrogen and oxygen atoms in total. The molecule has 3 heteroatoms. The quantitative estimate of drug-likeness (QED) is 0.386. The van der Waals surface area contributed by atoms with Gasteiger partial charge in [-0.15, -0.1) is 0 Å². The molecule has 0 saturated carbocycles. The van der Waals surface area contributed by atoms with E-state index in [1.54, 1.807) is 11.1 Å². The second-order valence-electron chi connectivity index (χ2n) is 5.52. The van der Waals surface area contributed by atoms with Gasteiger partial charge in [-0.25, -0.2) is 0 Å². The Labute approximate surface area is 150 Å². The van der Waals surface area contributed by atoms with Crippen LogP contribution in [0.1, 0.15) is 40.5 Å². The summed E-state index contributed by atoms with van der Waals surface area (Å²) in [6, 6.07) is 0. The summed E-state index contributed by atoms with van der Waals surface area (Å²) in [4.78, 5) is 0. The molecule has 0 heterocycles. The Morgan fingerprint density at radius 3 is 1.47 bits per heavy atom. The van der Waals surface area contributed by atoms with E-state index in [-0.39, 0.29) is 34.0 Å². The molecule has 0 atom stereocenters. The smallest absolute Gasteiger partial charge is 1.00 e. The average Bonchev–Trinajstić information content (AvgIpc) is 2.86. The van der Waals surface area contributed by atoms with E-state index in [0.717, 1.165) is 0 Å². The molecule has 104 valence electrons. The monoisotopic (exact) mass is 552 g/mol. The van der Waals surface area contributed by atoms with Crippen molar-refractivity contribution in [3.63, 3.8) is 0 Å². The van der Waals surface area contributed by atoms with Gasteiger partial charge in [-0.2, -0.15) is 0 Å². The van der Waals surface area contributed by atoms with Crippen LogP contribution >= 0.6 is 0 Å². The molecule has 0 unspecified atom stereocenters. The first-order valence-electron chi connectivity index (χ1n) is 6.65. The molecule has 2 aliphatic carbocycles. The van der Waals surface area contributed by atoms with Crippen molar-refractivity contribution in [2.45, 2.75) is 40.5 Å². The fourth-order valence-electron chi connectivity index (χ4n) is 2.55. The van der Waals surface area contributed by atoms with Crippen LogP contribution in [0, 0.1) is 11.8 Å². The molecule has 0 fully saturated rings. The van der Waals surface area contributed by atoms with Gasteiger partial charge < -0.3 is 34.0 Å². The molecular weight excluding hydrogens is 530 g/mol. The Hall–Kier alpha value is 0.790. The topological polar surface area (TPSA) is 0 Å². The molecule has 2 aliphatic rings. The minimum absolute atomic E-state index is 0. The molecule has 0 radical (unpaired) electrons. The summed E-state index contributed by atoms with van der Waals surface area (Å²) >= 11 is -0.733. The van der Waals surface area contributed by atoms with Crippen molar-refractivity contribution in [3.05, 3.63) is 42.1 Å². The Morgan fingerprint density at radius 1 is 0.789 bits per heavy atom. The number of rotatable bonds is 4. The van der Waals surface area contributed by atoms with E-state index in [1.807, 2.05) is 6.66 Å². The van der Waals surface area contributed by atoms with Crippen LogP contribution in [0.5, 0.6) is 0 Å². The van der Waals surface area contributed by atoms with Crippen molar-refractivity contribution >= 4 is 0 Å². The van der Waals surface area contributed by atoms with E-state index in [4.69, 9.17) is 0 Å². The number of hydrogen-bond acceptors (Lipinski definition) is 0. The van der Waals surface area contributed by atoms with Gasteiger partial charge in [-0.05, 0) is 0 Å². The fourth-order valence-corrected chi connectivity index (χ4v) is 9.15. The minimum atomic E-state index is -0.733. The summed E-state index contributed by atoms with van der Waals surface area (Å²) in [5, 5.41) is 0. The van der Waals surface area contributed by atoms with Crippen molar-refractivity contribution in [1.82, 2.24) is 0 Å². The van der Waals surface area contributed by atoms with Crippen LogP contribution in [0.3, 0.4) is 0 Å². The summed E-state index contributed by atoms with van der Waals surface area (Å²) < 4.78 is 3.69. The van der Waals surface area contributed by atoms with Crippen LogP contribution in [0.4, 0.5) is 0 Å². The largest absolute Gasteiger partial charge is 1.00 e. The van der Waals surface area contributed by atoms with Crippen molar-refractivity contribution in [1.29, 1.82) is 0 Å². The molecule has 2 rings (SSSR count). The third-order valence-corrected chi connectivity index (χ3v) is 9.19. The standard InChI is InChI=1S/2C8H11.2BrH.Hf/c2*1-7(2)8-5-3-4-6-8;;;/h2*3,5,7H,4H2,1-2H3;2*1H;/q;;;;+2/p-2. The average molecular weight is 553 g/mol. The van der Waals surface area contributed by atoms with Crippen LogP contribution < -0.4 is 34.0 Å². The predicted octanol–water partition coefficient (Wildman–Crippen LogP) is -1.18. The molecular formula is C16H22Br2Hf. The fraction of sp³-hybridized carbons (Fsp3) is 0.500. The van der Waals surface area contributed by atoms with E-state index >= 15 is 0 Å². The number of halogens is 2. The van der Waals surface area contributed by atoms with Crippen LogP contribution in [-0.2, 0) is 22.9 Å². The van der Waals surface area contributed by atoms with Gasteiger partial charge in [0.25, 0.3) is 0 Å². The number of allylic oxidation sites excluding steroid dienone is 8. The molecule has 0 aliphatic heterocycles. The summed E-state index contributed by atoms with van der Waals surface area (Å²) in [5.41, 5.74) is 3.33. The Morgan fingerprint density at radius 2 is 1.16 bits per heavy atom. The van der Waals surface area contributed by atoms with E-state index < -0.39 is 22.9 Å². The molecule has 19 heavy (non-hydrogen) atoms. The second kappa shape index (κ2) is 8.94. The third kappa shape index (κ3) is 4.93. The van der Waals surface area contributed by atoms with Crippen molar-refractivity contribution in [2.75, 3.05) is 0 Å². The zero-order valence-electron chi connectivity index (χ0n) is 12.1. The normalized spacial score (nSPS) is 17.2. The van der Waals surface area contributed by atoms with Gasteiger partial charge in [0.15, 0.2) is 0 Å². The van der Waals surface area contributed by atoms with Crippen molar-refractivity contribution in [3.8, 4) is 0 Å². The van der Waals surface area contributed by atoms with Gasteiger partial charge in [-0.1, -0.05) is 0 Å². The first kappa shape index (κ1) is 19.8. The molecule has 0 saturated heterocycles. The molecule has 0 amide bonds. The first-order chi connectivity index (χ1) is 8.09.